The van der Waals surface area contributed by atoms with Crippen molar-refractivity contribution in [2.24, 2.45) is 5.92 Å². The summed E-state index contributed by atoms with van der Waals surface area (Å²) in [5.41, 5.74) is 1.19. The Morgan fingerprint density at radius 1 is 1.29 bits per heavy atom. The van der Waals surface area contributed by atoms with E-state index in [-0.39, 0.29) is 5.92 Å². The third-order valence-electron chi connectivity index (χ3n) is 3.80. The Bertz CT molecular complexity index is 351. The number of benzene rings is 1. The quantitative estimate of drug-likeness (QED) is 0.716. The Balaban J connectivity index is 2.09. The van der Waals surface area contributed by atoms with E-state index < -0.39 is 0 Å². The Hall–Kier alpha value is -1.11. The molecule has 0 aromatic heterocycles. The zero-order valence-electron chi connectivity index (χ0n) is 10.4. The second-order valence-electron chi connectivity index (χ2n) is 4.99. The third-order valence-corrected chi connectivity index (χ3v) is 3.80. The maximum Gasteiger partial charge on any atom is 0.143 e. The van der Waals surface area contributed by atoms with Crippen molar-refractivity contribution in [1.82, 2.24) is 0 Å². The zero-order valence-corrected chi connectivity index (χ0v) is 10.4. The molecule has 0 amide bonds. The highest BCUT2D eigenvalue weighted by molar-refractivity contribution is 5.88. The van der Waals surface area contributed by atoms with Gasteiger partial charge in [0.05, 0.1) is 0 Å². The molecule has 1 aromatic carbocycles. The van der Waals surface area contributed by atoms with E-state index in [1.54, 1.807) is 0 Å². The molecular formula is C16H21O. The van der Waals surface area contributed by atoms with E-state index in [0.29, 0.717) is 11.7 Å². The fourth-order valence-corrected chi connectivity index (χ4v) is 2.48. The Morgan fingerprint density at radius 3 is 2.53 bits per heavy atom. The second-order valence-corrected chi connectivity index (χ2v) is 4.99. The van der Waals surface area contributed by atoms with Crippen LogP contribution < -0.4 is 0 Å². The molecule has 0 saturated heterocycles. The van der Waals surface area contributed by atoms with E-state index in [1.807, 2.05) is 18.2 Å². The van der Waals surface area contributed by atoms with Crippen LogP contribution in [0.3, 0.4) is 0 Å². The molecule has 91 valence electrons. The van der Waals surface area contributed by atoms with Gasteiger partial charge >= 0.3 is 0 Å². The normalized spacial score (nSPS) is 17.5. The van der Waals surface area contributed by atoms with Gasteiger partial charge < -0.3 is 0 Å². The van der Waals surface area contributed by atoms with E-state index in [9.17, 15) is 4.79 Å². The van der Waals surface area contributed by atoms with Crippen LogP contribution in [0.15, 0.2) is 30.3 Å². The lowest BCUT2D eigenvalue weighted by Gasteiger charge is -2.28. The summed E-state index contributed by atoms with van der Waals surface area (Å²) in [5, 5.41) is 0. The predicted octanol–water partition coefficient (Wildman–Crippen LogP) is 4.14. The largest absolute Gasteiger partial charge is 0.299 e. The van der Waals surface area contributed by atoms with Crippen molar-refractivity contribution in [1.29, 1.82) is 0 Å². The van der Waals surface area contributed by atoms with Crippen molar-refractivity contribution in [3.63, 3.8) is 0 Å². The summed E-state index contributed by atoms with van der Waals surface area (Å²) in [6.45, 7) is 3.88. The number of unbranched alkanes of at least 4 members (excludes halogenated alkanes) is 1. The fourth-order valence-electron chi connectivity index (χ4n) is 2.48. The van der Waals surface area contributed by atoms with Gasteiger partial charge in [0.15, 0.2) is 0 Å². The summed E-state index contributed by atoms with van der Waals surface area (Å²) in [6, 6.07) is 10.2. The van der Waals surface area contributed by atoms with E-state index in [2.05, 4.69) is 19.1 Å². The van der Waals surface area contributed by atoms with Crippen LogP contribution in [0.5, 0.6) is 0 Å². The molecule has 0 heterocycles. The van der Waals surface area contributed by atoms with Crippen LogP contribution in [-0.4, -0.2) is 5.78 Å². The minimum atomic E-state index is 0.114. The highest BCUT2D eigenvalue weighted by Gasteiger charge is 2.31. The molecule has 1 nitrogen and oxygen atoms in total. The predicted molar refractivity (Wildman–Crippen MR) is 70.7 cm³/mol. The number of carbonyl (C=O) groups is 1. The van der Waals surface area contributed by atoms with Gasteiger partial charge in [0.1, 0.15) is 5.78 Å². The van der Waals surface area contributed by atoms with Crippen molar-refractivity contribution in [3.8, 4) is 0 Å². The Morgan fingerprint density at radius 2 is 2.00 bits per heavy atom. The van der Waals surface area contributed by atoms with Gasteiger partial charge in [0.25, 0.3) is 0 Å². The van der Waals surface area contributed by atoms with E-state index >= 15 is 0 Å². The summed E-state index contributed by atoms with van der Waals surface area (Å²) < 4.78 is 0. The molecule has 0 bridgehead atoms. The molecule has 0 N–H and O–H groups in total. The number of carbonyl (C=O) groups excluding carboxylic acids is 1. The van der Waals surface area contributed by atoms with Crippen LogP contribution in [0, 0.1) is 12.8 Å². The number of rotatable bonds is 6. The van der Waals surface area contributed by atoms with E-state index in [0.717, 1.165) is 32.1 Å². The number of ketones is 1. The molecule has 17 heavy (non-hydrogen) atoms. The van der Waals surface area contributed by atoms with Crippen LogP contribution in [0.4, 0.5) is 0 Å². The molecule has 1 aliphatic carbocycles. The maximum absolute atomic E-state index is 12.4. The molecule has 1 atom stereocenters. The van der Waals surface area contributed by atoms with Crippen LogP contribution in [0.2, 0.25) is 0 Å². The van der Waals surface area contributed by atoms with Crippen LogP contribution in [-0.2, 0) is 4.79 Å². The maximum atomic E-state index is 12.4. The summed E-state index contributed by atoms with van der Waals surface area (Å²) in [5.74, 6) is 0.921. The van der Waals surface area contributed by atoms with Crippen molar-refractivity contribution < 1.29 is 4.79 Å². The summed E-state index contributed by atoms with van der Waals surface area (Å²) in [7, 11) is 0. The topological polar surface area (TPSA) is 17.1 Å². The molecule has 1 radical (unpaired) electrons. The average Bonchev–Trinajstić information content (AvgIpc) is 2.29. The van der Waals surface area contributed by atoms with Crippen molar-refractivity contribution in [3.05, 3.63) is 42.8 Å². The number of hydrogen-bond donors (Lipinski definition) is 0. The van der Waals surface area contributed by atoms with Gasteiger partial charge in [-0.05, 0) is 24.8 Å². The standard InChI is InChI=1S/C16H21O/c1-2-3-12-15(13-8-5-4-6-9-13)16(17)14-10-7-11-14/h4-6,8-9,14-15H,1-3,7,10-12H2. The molecular weight excluding hydrogens is 208 g/mol. The number of hydrogen-bond acceptors (Lipinski definition) is 1. The van der Waals surface area contributed by atoms with Crippen molar-refractivity contribution in [2.75, 3.05) is 0 Å². The van der Waals surface area contributed by atoms with Crippen molar-refractivity contribution in [2.45, 2.75) is 44.4 Å². The molecule has 1 heteroatoms. The lowest BCUT2D eigenvalue weighted by Crippen LogP contribution is -2.27. The zero-order chi connectivity index (χ0) is 12.1. The third kappa shape index (κ3) is 2.96. The molecule has 1 unspecified atom stereocenters. The Kier molecular flexibility index (Phi) is 4.36. The molecule has 1 fully saturated rings. The van der Waals surface area contributed by atoms with E-state index in [4.69, 9.17) is 0 Å². The average molecular weight is 229 g/mol. The lowest BCUT2D eigenvalue weighted by atomic mass is 9.75. The smallest absolute Gasteiger partial charge is 0.143 e. The minimum absolute atomic E-state index is 0.114. The first-order valence-electron chi connectivity index (χ1n) is 6.71. The minimum Gasteiger partial charge on any atom is -0.299 e. The molecule has 1 saturated carbocycles. The SMILES string of the molecule is [CH2]CCCC(C(=O)C1CCC1)c1ccccc1. The van der Waals surface area contributed by atoms with Crippen LogP contribution >= 0.6 is 0 Å². The lowest BCUT2D eigenvalue weighted by molar-refractivity contribution is -0.126. The molecule has 1 aliphatic rings. The van der Waals surface area contributed by atoms with Gasteiger partial charge in [-0.1, -0.05) is 56.5 Å². The van der Waals surface area contributed by atoms with Crippen LogP contribution in [0.1, 0.15) is 50.0 Å². The number of Topliss-reactive ketones (excluding diaryl/α,β-unsaturated/α-hetero) is 1. The van der Waals surface area contributed by atoms with Gasteiger partial charge in [0.2, 0.25) is 0 Å². The molecule has 0 spiro atoms. The monoisotopic (exact) mass is 229 g/mol. The highest BCUT2D eigenvalue weighted by atomic mass is 16.1. The first kappa shape index (κ1) is 12.3. The first-order valence-corrected chi connectivity index (χ1v) is 6.71. The highest BCUT2D eigenvalue weighted by Crippen LogP contribution is 2.35. The molecule has 1 aromatic rings. The molecule has 0 aliphatic heterocycles. The summed E-state index contributed by atoms with van der Waals surface area (Å²) in [4.78, 5) is 12.4. The van der Waals surface area contributed by atoms with Gasteiger partial charge in [-0.25, -0.2) is 0 Å². The van der Waals surface area contributed by atoms with Gasteiger partial charge in [0, 0.05) is 11.8 Å². The van der Waals surface area contributed by atoms with E-state index in [1.165, 1.54) is 12.0 Å². The van der Waals surface area contributed by atoms with Crippen LogP contribution in [0.25, 0.3) is 0 Å². The summed E-state index contributed by atoms with van der Waals surface area (Å²) in [6.07, 6.45) is 6.36. The van der Waals surface area contributed by atoms with Gasteiger partial charge in [-0.3, -0.25) is 4.79 Å². The summed E-state index contributed by atoms with van der Waals surface area (Å²) >= 11 is 0. The Labute approximate surface area is 104 Å². The fraction of sp³-hybridized carbons (Fsp3) is 0.500. The van der Waals surface area contributed by atoms with Gasteiger partial charge in [-0.2, -0.15) is 0 Å². The van der Waals surface area contributed by atoms with Crippen molar-refractivity contribution >= 4 is 5.78 Å². The second kappa shape index (κ2) is 6.00. The molecule has 2 rings (SSSR count). The first-order chi connectivity index (χ1) is 8.33. The van der Waals surface area contributed by atoms with Gasteiger partial charge in [-0.15, -0.1) is 0 Å².